The molecule has 7 nitrogen and oxygen atoms in total. The van der Waals surface area contributed by atoms with Crippen LogP contribution in [0.5, 0.6) is 0 Å². The zero-order valence-corrected chi connectivity index (χ0v) is 15.5. The van der Waals surface area contributed by atoms with E-state index < -0.39 is 0 Å². The molecular formula is C21H18N4O3. The molecule has 2 heterocycles. The molecule has 140 valence electrons. The van der Waals surface area contributed by atoms with Crippen molar-refractivity contribution in [3.05, 3.63) is 77.4 Å². The molecule has 1 N–H and O–H groups in total. The minimum atomic E-state index is -0.310. The highest BCUT2D eigenvalue weighted by atomic mass is 16.5. The molecule has 2 aromatic carbocycles. The summed E-state index contributed by atoms with van der Waals surface area (Å²) in [5.41, 5.74) is 3.65. The number of aromatic nitrogens is 3. The maximum atomic E-state index is 12.8. The topological polar surface area (TPSA) is 94.1 Å². The summed E-state index contributed by atoms with van der Waals surface area (Å²) >= 11 is 0. The van der Waals surface area contributed by atoms with E-state index >= 15 is 0 Å². The number of benzene rings is 2. The molecule has 4 rings (SSSR count). The number of carbonyl (C=O) groups is 1. The van der Waals surface area contributed by atoms with Crippen LogP contribution in [0.4, 0.5) is 0 Å². The molecule has 7 heteroatoms. The van der Waals surface area contributed by atoms with Crippen molar-refractivity contribution >= 4 is 5.91 Å². The first-order chi connectivity index (χ1) is 13.6. The van der Waals surface area contributed by atoms with Crippen LogP contribution in [-0.4, -0.2) is 21.2 Å². The second kappa shape index (κ2) is 7.48. The molecule has 0 fully saturated rings. The van der Waals surface area contributed by atoms with Crippen molar-refractivity contribution in [2.75, 3.05) is 0 Å². The molecule has 2 aromatic heterocycles. The van der Waals surface area contributed by atoms with Gasteiger partial charge in [-0.2, -0.15) is 4.98 Å². The summed E-state index contributed by atoms with van der Waals surface area (Å²) in [5.74, 6) is 0.934. The highest BCUT2D eigenvalue weighted by molar-refractivity contribution is 6.00. The molecule has 1 amide bonds. The Morgan fingerprint density at radius 1 is 0.964 bits per heavy atom. The van der Waals surface area contributed by atoms with Crippen LogP contribution in [0.1, 0.15) is 27.6 Å². The summed E-state index contributed by atoms with van der Waals surface area (Å²) in [6, 6.07) is 17.2. The zero-order valence-electron chi connectivity index (χ0n) is 15.5. The summed E-state index contributed by atoms with van der Waals surface area (Å²) in [6.07, 6.45) is 0. The predicted molar refractivity (Wildman–Crippen MR) is 102 cm³/mol. The van der Waals surface area contributed by atoms with Crippen molar-refractivity contribution in [2.45, 2.75) is 20.4 Å². The average molecular weight is 374 g/mol. The van der Waals surface area contributed by atoms with Gasteiger partial charge in [-0.25, -0.2) is 0 Å². The van der Waals surface area contributed by atoms with Gasteiger partial charge in [0.25, 0.3) is 5.91 Å². The van der Waals surface area contributed by atoms with E-state index in [1.807, 2.05) is 61.5 Å². The van der Waals surface area contributed by atoms with Crippen LogP contribution in [0.15, 0.2) is 63.6 Å². The number of carbonyl (C=O) groups excluding carboxylic acids is 1. The van der Waals surface area contributed by atoms with Gasteiger partial charge in [0.05, 0.1) is 6.54 Å². The molecule has 0 saturated carbocycles. The third kappa shape index (κ3) is 3.55. The number of rotatable bonds is 5. The second-order valence-electron chi connectivity index (χ2n) is 6.39. The minimum Gasteiger partial charge on any atom is -0.360 e. The fourth-order valence-corrected chi connectivity index (χ4v) is 2.90. The SMILES string of the molecule is Cc1cccc(-c2noc(C)c2C(=O)NCc2nc(-c3ccccc3)no2)c1. The highest BCUT2D eigenvalue weighted by Gasteiger charge is 2.22. The molecule has 0 radical (unpaired) electrons. The van der Waals surface area contributed by atoms with Gasteiger partial charge in [0.15, 0.2) is 0 Å². The Labute approximate surface area is 161 Å². The van der Waals surface area contributed by atoms with Crippen LogP contribution in [0.3, 0.4) is 0 Å². The van der Waals surface area contributed by atoms with Gasteiger partial charge in [0.2, 0.25) is 11.7 Å². The van der Waals surface area contributed by atoms with Crippen LogP contribution in [0, 0.1) is 13.8 Å². The van der Waals surface area contributed by atoms with Crippen LogP contribution in [-0.2, 0) is 6.54 Å². The minimum absolute atomic E-state index is 0.108. The summed E-state index contributed by atoms with van der Waals surface area (Å²) in [4.78, 5) is 17.1. The molecule has 0 atom stereocenters. The van der Waals surface area contributed by atoms with Gasteiger partial charge >= 0.3 is 0 Å². The van der Waals surface area contributed by atoms with Gasteiger partial charge < -0.3 is 14.4 Å². The summed E-state index contributed by atoms with van der Waals surface area (Å²) in [5, 5.41) is 10.8. The lowest BCUT2D eigenvalue weighted by Gasteiger charge is -2.04. The zero-order chi connectivity index (χ0) is 19.5. The first kappa shape index (κ1) is 17.7. The van der Waals surface area contributed by atoms with Gasteiger partial charge in [-0.1, -0.05) is 64.4 Å². The molecule has 0 aliphatic carbocycles. The Balaban J connectivity index is 1.51. The smallest absolute Gasteiger partial charge is 0.257 e. The number of nitrogens with zero attached hydrogens (tertiary/aromatic N) is 3. The highest BCUT2D eigenvalue weighted by Crippen LogP contribution is 2.26. The number of nitrogens with one attached hydrogen (secondary N) is 1. The fourth-order valence-electron chi connectivity index (χ4n) is 2.90. The standard InChI is InChI=1S/C21H18N4O3/c1-13-7-6-10-16(11-13)19-18(14(2)27-24-19)21(26)22-12-17-23-20(25-28-17)15-8-4-3-5-9-15/h3-11H,12H2,1-2H3,(H,22,26). The summed E-state index contributed by atoms with van der Waals surface area (Å²) in [6.45, 7) is 3.80. The average Bonchev–Trinajstić information content (AvgIpc) is 3.34. The van der Waals surface area contributed by atoms with Crippen LogP contribution in [0.2, 0.25) is 0 Å². The molecule has 0 saturated heterocycles. The molecule has 0 aliphatic rings. The van der Waals surface area contributed by atoms with Gasteiger partial charge in [-0.05, 0) is 19.9 Å². The lowest BCUT2D eigenvalue weighted by Crippen LogP contribution is -2.23. The third-order valence-corrected chi connectivity index (χ3v) is 4.28. The van der Waals surface area contributed by atoms with E-state index in [-0.39, 0.29) is 12.5 Å². The van der Waals surface area contributed by atoms with Crippen molar-refractivity contribution in [1.29, 1.82) is 0 Å². The Bertz CT molecular complexity index is 1120. The Morgan fingerprint density at radius 2 is 1.75 bits per heavy atom. The van der Waals surface area contributed by atoms with Crippen LogP contribution >= 0.6 is 0 Å². The molecule has 0 unspecified atom stereocenters. The second-order valence-corrected chi connectivity index (χ2v) is 6.39. The van der Waals surface area contributed by atoms with Gasteiger partial charge in [0.1, 0.15) is 17.0 Å². The Kier molecular flexibility index (Phi) is 4.72. The van der Waals surface area contributed by atoms with Crippen molar-refractivity contribution < 1.29 is 13.8 Å². The number of hydrogen-bond acceptors (Lipinski definition) is 6. The molecule has 4 aromatic rings. The van der Waals surface area contributed by atoms with Crippen LogP contribution in [0.25, 0.3) is 22.6 Å². The van der Waals surface area contributed by atoms with Gasteiger partial charge in [-0.15, -0.1) is 0 Å². The molecule has 0 aliphatic heterocycles. The van der Waals surface area contributed by atoms with Crippen molar-refractivity contribution in [3.8, 4) is 22.6 Å². The molecule has 28 heavy (non-hydrogen) atoms. The normalized spacial score (nSPS) is 10.8. The number of amides is 1. The maximum Gasteiger partial charge on any atom is 0.257 e. The van der Waals surface area contributed by atoms with E-state index in [4.69, 9.17) is 9.05 Å². The Morgan fingerprint density at radius 3 is 2.54 bits per heavy atom. The van der Waals surface area contributed by atoms with E-state index in [9.17, 15) is 4.79 Å². The molecule has 0 bridgehead atoms. The largest absolute Gasteiger partial charge is 0.360 e. The third-order valence-electron chi connectivity index (χ3n) is 4.28. The first-order valence-electron chi connectivity index (χ1n) is 8.81. The first-order valence-corrected chi connectivity index (χ1v) is 8.81. The van der Waals surface area contributed by atoms with Crippen LogP contribution < -0.4 is 5.32 Å². The molecular weight excluding hydrogens is 356 g/mol. The number of hydrogen-bond donors (Lipinski definition) is 1. The number of aryl methyl sites for hydroxylation is 2. The lowest BCUT2D eigenvalue weighted by molar-refractivity contribution is 0.0945. The fraction of sp³-hybridized carbons (Fsp3) is 0.143. The Hall–Kier alpha value is -3.74. The van der Waals surface area contributed by atoms with E-state index in [1.54, 1.807) is 6.92 Å². The van der Waals surface area contributed by atoms with Crippen molar-refractivity contribution in [1.82, 2.24) is 20.6 Å². The monoisotopic (exact) mass is 374 g/mol. The van der Waals surface area contributed by atoms with Gasteiger partial charge in [-0.3, -0.25) is 4.79 Å². The van der Waals surface area contributed by atoms with Crippen molar-refractivity contribution in [2.24, 2.45) is 0 Å². The summed E-state index contributed by atoms with van der Waals surface area (Å²) in [7, 11) is 0. The van der Waals surface area contributed by atoms with E-state index in [0.29, 0.717) is 28.7 Å². The quantitative estimate of drug-likeness (QED) is 0.569. The van der Waals surface area contributed by atoms with E-state index in [1.165, 1.54) is 0 Å². The van der Waals surface area contributed by atoms with Crippen molar-refractivity contribution in [3.63, 3.8) is 0 Å². The predicted octanol–water partition coefficient (Wildman–Crippen LogP) is 3.94. The van der Waals surface area contributed by atoms with E-state index in [2.05, 4.69) is 20.6 Å². The molecule has 0 spiro atoms. The maximum absolute atomic E-state index is 12.8. The van der Waals surface area contributed by atoms with Gasteiger partial charge in [0, 0.05) is 11.1 Å². The summed E-state index contributed by atoms with van der Waals surface area (Å²) < 4.78 is 10.5. The van der Waals surface area contributed by atoms with E-state index in [0.717, 1.165) is 16.7 Å². The lowest BCUT2D eigenvalue weighted by atomic mass is 10.0.